The van der Waals surface area contributed by atoms with E-state index in [-0.39, 0.29) is 5.54 Å². The van der Waals surface area contributed by atoms with Gasteiger partial charge in [-0.1, -0.05) is 0 Å². The standard InChI is InChI=1S/C17H35NO3/c1-17(2,3)18-14-16(15-18)21-13-9-5-8-12-20-11-7-4-6-10-19/h16,19H,4-15H2,1-3H3. The van der Waals surface area contributed by atoms with Crippen molar-refractivity contribution in [2.45, 2.75) is 70.9 Å². The summed E-state index contributed by atoms with van der Waals surface area (Å²) in [7, 11) is 0. The van der Waals surface area contributed by atoms with Crippen LogP contribution in [0.4, 0.5) is 0 Å². The summed E-state index contributed by atoms with van der Waals surface area (Å²) in [6, 6.07) is 0. The van der Waals surface area contributed by atoms with E-state index >= 15 is 0 Å². The van der Waals surface area contributed by atoms with Gasteiger partial charge in [-0.05, 0) is 59.3 Å². The van der Waals surface area contributed by atoms with Crippen molar-refractivity contribution in [3.05, 3.63) is 0 Å². The van der Waals surface area contributed by atoms with E-state index in [4.69, 9.17) is 14.6 Å². The van der Waals surface area contributed by atoms with Gasteiger partial charge < -0.3 is 14.6 Å². The normalized spacial score (nSPS) is 17.1. The minimum atomic E-state index is 0.286. The number of nitrogens with zero attached hydrogens (tertiary/aromatic N) is 1. The third-order valence-electron chi connectivity index (χ3n) is 4.03. The molecular weight excluding hydrogens is 266 g/mol. The predicted molar refractivity (Wildman–Crippen MR) is 86.7 cm³/mol. The topological polar surface area (TPSA) is 41.9 Å². The van der Waals surface area contributed by atoms with Crippen molar-refractivity contribution in [2.75, 3.05) is 39.5 Å². The van der Waals surface area contributed by atoms with Gasteiger partial charge in [0.2, 0.25) is 0 Å². The first-order chi connectivity index (χ1) is 10.0. The SMILES string of the molecule is CC(C)(C)N1CC(OCCCCCOCCCCCO)C1. The van der Waals surface area contributed by atoms with Gasteiger partial charge in [0.1, 0.15) is 0 Å². The molecule has 0 aromatic carbocycles. The largest absolute Gasteiger partial charge is 0.396 e. The molecule has 0 amide bonds. The van der Waals surface area contributed by atoms with Crippen LogP contribution in [-0.4, -0.2) is 61.2 Å². The molecule has 0 unspecified atom stereocenters. The average Bonchev–Trinajstić information content (AvgIpc) is 2.36. The zero-order valence-corrected chi connectivity index (χ0v) is 14.3. The smallest absolute Gasteiger partial charge is 0.0829 e. The molecule has 0 atom stereocenters. The Labute approximate surface area is 130 Å². The lowest BCUT2D eigenvalue weighted by atomic mass is 9.99. The van der Waals surface area contributed by atoms with E-state index in [1.54, 1.807) is 0 Å². The van der Waals surface area contributed by atoms with Crippen LogP contribution in [0.3, 0.4) is 0 Å². The average molecular weight is 301 g/mol. The molecule has 0 aromatic heterocycles. The number of ether oxygens (including phenoxy) is 2. The fourth-order valence-corrected chi connectivity index (χ4v) is 2.42. The molecule has 1 rings (SSSR count). The molecule has 4 heteroatoms. The number of likely N-dealkylation sites (tertiary alicyclic amines) is 1. The highest BCUT2D eigenvalue weighted by Crippen LogP contribution is 2.22. The zero-order chi connectivity index (χ0) is 15.6. The number of hydrogen-bond donors (Lipinski definition) is 1. The van der Waals surface area contributed by atoms with Crippen LogP contribution in [0, 0.1) is 0 Å². The third-order valence-corrected chi connectivity index (χ3v) is 4.03. The summed E-state index contributed by atoms with van der Waals surface area (Å²) in [6.45, 7) is 11.8. The summed E-state index contributed by atoms with van der Waals surface area (Å²) >= 11 is 0. The lowest BCUT2D eigenvalue weighted by molar-refractivity contribution is -0.0893. The Balaban J connectivity index is 1.76. The summed E-state index contributed by atoms with van der Waals surface area (Å²) in [5, 5.41) is 8.65. The summed E-state index contributed by atoms with van der Waals surface area (Å²) in [4.78, 5) is 2.46. The van der Waals surface area contributed by atoms with Crippen molar-refractivity contribution >= 4 is 0 Å². The van der Waals surface area contributed by atoms with Crippen LogP contribution < -0.4 is 0 Å². The Morgan fingerprint density at radius 3 is 2.05 bits per heavy atom. The Kier molecular flexibility index (Phi) is 9.49. The Bertz CT molecular complexity index is 247. The molecule has 0 bridgehead atoms. The molecule has 1 fully saturated rings. The van der Waals surface area contributed by atoms with E-state index in [1.807, 2.05) is 0 Å². The summed E-state index contributed by atoms with van der Waals surface area (Å²) in [5.41, 5.74) is 0.286. The van der Waals surface area contributed by atoms with E-state index < -0.39 is 0 Å². The van der Waals surface area contributed by atoms with E-state index in [0.29, 0.717) is 12.7 Å². The Hall–Kier alpha value is -0.160. The number of aliphatic hydroxyl groups is 1. The minimum absolute atomic E-state index is 0.286. The molecule has 0 radical (unpaired) electrons. The number of rotatable bonds is 12. The van der Waals surface area contributed by atoms with Crippen LogP contribution in [0.1, 0.15) is 59.3 Å². The summed E-state index contributed by atoms with van der Waals surface area (Å²) < 4.78 is 11.4. The lowest BCUT2D eigenvalue weighted by Gasteiger charge is -2.47. The molecule has 1 saturated heterocycles. The maximum atomic E-state index is 8.65. The van der Waals surface area contributed by atoms with E-state index in [2.05, 4.69) is 25.7 Å². The first kappa shape index (κ1) is 18.9. The van der Waals surface area contributed by atoms with Crippen molar-refractivity contribution < 1.29 is 14.6 Å². The van der Waals surface area contributed by atoms with Crippen LogP contribution in [0.2, 0.25) is 0 Å². The molecule has 4 nitrogen and oxygen atoms in total. The molecular formula is C17H35NO3. The van der Waals surface area contributed by atoms with Gasteiger partial charge in [-0.25, -0.2) is 0 Å². The van der Waals surface area contributed by atoms with Gasteiger partial charge in [0.05, 0.1) is 6.10 Å². The number of hydrogen-bond acceptors (Lipinski definition) is 4. The Morgan fingerprint density at radius 1 is 0.905 bits per heavy atom. The monoisotopic (exact) mass is 301 g/mol. The van der Waals surface area contributed by atoms with Crippen LogP contribution in [0.5, 0.6) is 0 Å². The minimum Gasteiger partial charge on any atom is -0.396 e. The van der Waals surface area contributed by atoms with Gasteiger partial charge in [-0.15, -0.1) is 0 Å². The maximum absolute atomic E-state index is 8.65. The zero-order valence-electron chi connectivity index (χ0n) is 14.3. The number of unbranched alkanes of at least 4 members (excludes halogenated alkanes) is 4. The highest BCUT2D eigenvalue weighted by molar-refractivity contribution is 4.89. The first-order valence-corrected chi connectivity index (χ1v) is 8.59. The molecule has 0 saturated carbocycles. The van der Waals surface area contributed by atoms with E-state index in [1.165, 1.54) is 6.42 Å². The quantitative estimate of drug-likeness (QED) is 0.563. The van der Waals surface area contributed by atoms with Gasteiger partial charge in [-0.2, -0.15) is 0 Å². The molecule has 1 aliphatic rings. The van der Waals surface area contributed by atoms with Gasteiger partial charge in [0.25, 0.3) is 0 Å². The molecule has 21 heavy (non-hydrogen) atoms. The van der Waals surface area contributed by atoms with Crippen LogP contribution in [-0.2, 0) is 9.47 Å². The molecule has 0 aliphatic carbocycles. The lowest BCUT2D eigenvalue weighted by Crippen LogP contribution is -2.59. The second-order valence-electron chi connectivity index (χ2n) is 7.03. The molecule has 0 aromatic rings. The van der Waals surface area contributed by atoms with E-state index in [0.717, 1.165) is 65.0 Å². The molecule has 1 N–H and O–H groups in total. The fourth-order valence-electron chi connectivity index (χ4n) is 2.42. The highest BCUT2D eigenvalue weighted by Gasteiger charge is 2.34. The second-order valence-corrected chi connectivity index (χ2v) is 7.03. The Morgan fingerprint density at radius 2 is 1.48 bits per heavy atom. The van der Waals surface area contributed by atoms with Crippen molar-refractivity contribution in [1.82, 2.24) is 4.90 Å². The fraction of sp³-hybridized carbons (Fsp3) is 1.00. The van der Waals surface area contributed by atoms with Crippen LogP contribution in [0.15, 0.2) is 0 Å². The van der Waals surface area contributed by atoms with Crippen molar-refractivity contribution in [3.8, 4) is 0 Å². The van der Waals surface area contributed by atoms with Crippen LogP contribution in [0.25, 0.3) is 0 Å². The van der Waals surface area contributed by atoms with Gasteiger partial charge >= 0.3 is 0 Å². The maximum Gasteiger partial charge on any atom is 0.0829 e. The van der Waals surface area contributed by atoms with Crippen molar-refractivity contribution in [1.29, 1.82) is 0 Å². The molecule has 0 spiro atoms. The van der Waals surface area contributed by atoms with E-state index in [9.17, 15) is 0 Å². The third kappa shape index (κ3) is 8.77. The summed E-state index contributed by atoms with van der Waals surface area (Å²) in [6.07, 6.45) is 6.93. The van der Waals surface area contributed by atoms with Crippen LogP contribution >= 0.6 is 0 Å². The van der Waals surface area contributed by atoms with Gasteiger partial charge in [-0.3, -0.25) is 4.90 Å². The highest BCUT2D eigenvalue weighted by atomic mass is 16.5. The summed E-state index contributed by atoms with van der Waals surface area (Å²) in [5.74, 6) is 0. The van der Waals surface area contributed by atoms with Crippen molar-refractivity contribution in [3.63, 3.8) is 0 Å². The molecule has 1 heterocycles. The second kappa shape index (κ2) is 10.5. The van der Waals surface area contributed by atoms with Gasteiger partial charge in [0.15, 0.2) is 0 Å². The molecule has 126 valence electrons. The van der Waals surface area contributed by atoms with Crippen molar-refractivity contribution in [2.24, 2.45) is 0 Å². The van der Waals surface area contributed by atoms with Gasteiger partial charge in [0, 0.05) is 45.1 Å². The first-order valence-electron chi connectivity index (χ1n) is 8.59. The molecule has 1 aliphatic heterocycles. The number of aliphatic hydroxyl groups excluding tert-OH is 1. The predicted octanol–water partition coefficient (Wildman–Crippen LogP) is 2.84.